The molecular weight excluding hydrogens is 270 g/mol. The number of hydrogen-bond donors (Lipinski definition) is 1. The second-order valence-corrected chi connectivity index (χ2v) is 5.32. The van der Waals surface area contributed by atoms with E-state index >= 15 is 0 Å². The Labute approximate surface area is 125 Å². The van der Waals surface area contributed by atoms with E-state index < -0.39 is 0 Å². The van der Waals surface area contributed by atoms with Gasteiger partial charge in [-0.3, -0.25) is 4.79 Å². The average molecular weight is 293 g/mol. The highest BCUT2D eigenvalue weighted by Crippen LogP contribution is 2.47. The molecule has 0 saturated heterocycles. The smallest absolute Gasteiger partial charge is 0.221 e. The SMILES string of the molecule is COc1ccc(C2CCCCC2C(N)=O)c(OC)c1OC. The van der Waals surface area contributed by atoms with Gasteiger partial charge in [0.15, 0.2) is 11.5 Å². The molecule has 21 heavy (non-hydrogen) atoms. The molecule has 2 unspecified atom stereocenters. The molecule has 0 aromatic heterocycles. The Morgan fingerprint density at radius 1 is 1.05 bits per heavy atom. The summed E-state index contributed by atoms with van der Waals surface area (Å²) in [6.45, 7) is 0. The Morgan fingerprint density at radius 2 is 1.71 bits per heavy atom. The molecule has 2 rings (SSSR count). The lowest BCUT2D eigenvalue weighted by molar-refractivity contribution is -0.123. The molecular formula is C16H23NO4. The predicted molar refractivity (Wildman–Crippen MR) is 80.0 cm³/mol. The summed E-state index contributed by atoms with van der Waals surface area (Å²) in [5.41, 5.74) is 6.55. The maximum atomic E-state index is 11.7. The van der Waals surface area contributed by atoms with Crippen LogP contribution < -0.4 is 19.9 Å². The number of hydrogen-bond acceptors (Lipinski definition) is 4. The first-order valence-electron chi connectivity index (χ1n) is 7.22. The molecule has 0 aliphatic heterocycles. The molecule has 1 aromatic rings. The Kier molecular flexibility index (Phi) is 4.94. The van der Waals surface area contributed by atoms with E-state index in [0.29, 0.717) is 17.2 Å². The van der Waals surface area contributed by atoms with E-state index in [1.54, 1.807) is 21.3 Å². The number of ether oxygens (including phenoxy) is 3. The number of amides is 1. The minimum Gasteiger partial charge on any atom is -0.493 e. The molecule has 1 fully saturated rings. The summed E-state index contributed by atoms with van der Waals surface area (Å²) in [5.74, 6) is 1.50. The molecule has 1 saturated carbocycles. The lowest BCUT2D eigenvalue weighted by Crippen LogP contribution is -2.31. The first kappa shape index (κ1) is 15.5. The summed E-state index contributed by atoms with van der Waals surface area (Å²) in [7, 11) is 4.77. The number of rotatable bonds is 5. The zero-order chi connectivity index (χ0) is 15.4. The lowest BCUT2D eigenvalue weighted by atomic mass is 9.74. The zero-order valence-electron chi connectivity index (χ0n) is 12.8. The Balaban J connectivity index is 2.49. The van der Waals surface area contributed by atoms with Crippen molar-refractivity contribution in [3.63, 3.8) is 0 Å². The molecule has 0 bridgehead atoms. The van der Waals surface area contributed by atoms with Gasteiger partial charge in [0.25, 0.3) is 0 Å². The third kappa shape index (κ3) is 2.91. The van der Waals surface area contributed by atoms with Gasteiger partial charge in [-0.25, -0.2) is 0 Å². The van der Waals surface area contributed by atoms with Gasteiger partial charge in [-0.15, -0.1) is 0 Å². The van der Waals surface area contributed by atoms with Gasteiger partial charge in [0, 0.05) is 11.5 Å². The van der Waals surface area contributed by atoms with Crippen LogP contribution in [0, 0.1) is 5.92 Å². The number of primary amides is 1. The molecule has 2 N–H and O–H groups in total. The Bertz CT molecular complexity index is 515. The highest BCUT2D eigenvalue weighted by atomic mass is 16.5. The Hall–Kier alpha value is -1.91. The minimum absolute atomic E-state index is 0.0750. The number of carbonyl (C=O) groups is 1. The van der Waals surface area contributed by atoms with Crippen molar-refractivity contribution >= 4 is 5.91 Å². The van der Waals surface area contributed by atoms with Crippen LogP contribution in [0.4, 0.5) is 0 Å². The monoisotopic (exact) mass is 293 g/mol. The summed E-state index contributed by atoms with van der Waals surface area (Å²) in [5, 5.41) is 0. The normalized spacial score (nSPS) is 21.7. The fraction of sp³-hybridized carbons (Fsp3) is 0.562. The summed E-state index contributed by atoms with van der Waals surface area (Å²) in [6.07, 6.45) is 3.89. The molecule has 0 spiro atoms. The molecule has 0 heterocycles. The minimum atomic E-state index is -0.239. The summed E-state index contributed by atoms with van der Waals surface area (Å²) in [4.78, 5) is 11.7. The molecule has 1 aliphatic rings. The van der Waals surface area contributed by atoms with Gasteiger partial charge in [-0.1, -0.05) is 18.9 Å². The van der Waals surface area contributed by atoms with Gasteiger partial charge in [0.2, 0.25) is 11.7 Å². The van der Waals surface area contributed by atoms with E-state index in [4.69, 9.17) is 19.9 Å². The molecule has 1 aliphatic carbocycles. The van der Waals surface area contributed by atoms with Gasteiger partial charge >= 0.3 is 0 Å². The molecule has 1 aromatic carbocycles. The van der Waals surface area contributed by atoms with Crippen LogP contribution in [0.15, 0.2) is 12.1 Å². The number of nitrogens with two attached hydrogens (primary N) is 1. The molecule has 5 heteroatoms. The van der Waals surface area contributed by atoms with Crippen molar-refractivity contribution in [3.8, 4) is 17.2 Å². The summed E-state index contributed by atoms with van der Waals surface area (Å²) < 4.78 is 16.3. The highest BCUT2D eigenvalue weighted by Gasteiger charge is 2.33. The highest BCUT2D eigenvalue weighted by molar-refractivity contribution is 5.78. The van der Waals surface area contributed by atoms with E-state index in [-0.39, 0.29) is 17.7 Å². The molecule has 5 nitrogen and oxygen atoms in total. The maximum absolute atomic E-state index is 11.7. The number of benzene rings is 1. The van der Waals surface area contributed by atoms with Gasteiger partial charge in [-0.2, -0.15) is 0 Å². The van der Waals surface area contributed by atoms with Crippen LogP contribution in [0.25, 0.3) is 0 Å². The number of methoxy groups -OCH3 is 3. The molecule has 116 valence electrons. The van der Waals surface area contributed by atoms with Crippen molar-refractivity contribution in [2.45, 2.75) is 31.6 Å². The van der Waals surface area contributed by atoms with E-state index in [1.807, 2.05) is 12.1 Å². The van der Waals surface area contributed by atoms with Crippen LogP contribution >= 0.6 is 0 Å². The van der Waals surface area contributed by atoms with E-state index in [0.717, 1.165) is 31.2 Å². The fourth-order valence-corrected chi connectivity index (χ4v) is 3.26. The third-order valence-corrected chi connectivity index (χ3v) is 4.27. The average Bonchev–Trinajstić information content (AvgIpc) is 2.53. The zero-order valence-corrected chi connectivity index (χ0v) is 12.8. The standard InChI is InChI=1S/C16H23NO4/c1-19-13-9-8-11(14(20-2)15(13)21-3)10-6-4-5-7-12(10)16(17)18/h8-10,12H,4-7H2,1-3H3,(H2,17,18). The Morgan fingerprint density at radius 3 is 2.29 bits per heavy atom. The van der Waals surface area contributed by atoms with Gasteiger partial charge in [0.1, 0.15) is 0 Å². The van der Waals surface area contributed by atoms with Crippen LogP contribution in [0.3, 0.4) is 0 Å². The van der Waals surface area contributed by atoms with Crippen LogP contribution in [0.1, 0.15) is 37.2 Å². The molecule has 2 atom stereocenters. The van der Waals surface area contributed by atoms with Crippen molar-refractivity contribution in [1.29, 1.82) is 0 Å². The fourth-order valence-electron chi connectivity index (χ4n) is 3.26. The van der Waals surface area contributed by atoms with Crippen molar-refractivity contribution < 1.29 is 19.0 Å². The van der Waals surface area contributed by atoms with Crippen LogP contribution in [-0.4, -0.2) is 27.2 Å². The summed E-state index contributed by atoms with van der Waals surface area (Å²) in [6, 6.07) is 3.80. The van der Waals surface area contributed by atoms with Crippen LogP contribution in [0.2, 0.25) is 0 Å². The third-order valence-electron chi connectivity index (χ3n) is 4.27. The predicted octanol–water partition coefficient (Wildman–Crippen LogP) is 2.47. The molecule has 0 radical (unpaired) electrons. The van der Waals surface area contributed by atoms with Gasteiger partial charge in [-0.05, 0) is 24.8 Å². The van der Waals surface area contributed by atoms with E-state index in [2.05, 4.69) is 0 Å². The maximum Gasteiger partial charge on any atom is 0.221 e. The molecule has 1 amide bonds. The van der Waals surface area contributed by atoms with Crippen molar-refractivity contribution in [3.05, 3.63) is 17.7 Å². The van der Waals surface area contributed by atoms with Gasteiger partial charge in [0.05, 0.1) is 21.3 Å². The number of carbonyl (C=O) groups excluding carboxylic acids is 1. The van der Waals surface area contributed by atoms with E-state index in [9.17, 15) is 4.79 Å². The second-order valence-electron chi connectivity index (χ2n) is 5.32. The topological polar surface area (TPSA) is 70.8 Å². The lowest BCUT2D eigenvalue weighted by Gasteiger charge is -2.31. The van der Waals surface area contributed by atoms with Crippen molar-refractivity contribution in [2.24, 2.45) is 11.7 Å². The van der Waals surface area contributed by atoms with Crippen molar-refractivity contribution in [1.82, 2.24) is 0 Å². The largest absolute Gasteiger partial charge is 0.493 e. The van der Waals surface area contributed by atoms with Crippen LogP contribution in [-0.2, 0) is 4.79 Å². The van der Waals surface area contributed by atoms with Crippen molar-refractivity contribution in [2.75, 3.05) is 21.3 Å². The second kappa shape index (κ2) is 6.70. The summed E-state index contributed by atoms with van der Waals surface area (Å²) >= 11 is 0. The first-order chi connectivity index (χ1) is 10.1. The van der Waals surface area contributed by atoms with E-state index in [1.165, 1.54) is 0 Å². The van der Waals surface area contributed by atoms with Gasteiger partial charge < -0.3 is 19.9 Å². The van der Waals surface area contributed by atoms with Crippen LogP contribution in [0.5, 0.6) is 17.2 Å². The first-order valence-corrected chi connectivity index (χ1v) is 7.22. The quantitative estimate of drug-likeness (QED) is 0.905.